The first-order valence-corrected chi connectivity index (χ1v) is 11.5. The lowest BCUT2D eigenvalue weighted by Crippen LogP contribution is -2.26. The first-order valence-electron chi connectivity index (χ1n) is 11.2. The van der Waals surface area contributed by atoms with Gasteiger partial charge in [-0.15, -0.1) is 0 Å². The van der Waals surface area contributed by atoms with Gasteiger partial charge < -0.3 is 20.5 Å². The number of nitrogens with one attached hydrogen (secondary N) is 2. The van der Waals surface area contributed by atoms with E-state index in [-0.39, 0.29) is 29.8 Å². The Morgan fingerprint density at radius 1 is 1.17 bits per heavy atom. The van der Waals surface area contributed by atoms with Crippen LogP contribution in [-0.4, -0.2) is 50.2 Å². The SMILES string of the molecule is COc1nc(C)c(-c2ccc3nc(NC(C)=O)cn3n2)cc1C(=O)NCCC(O)c1ccc(Cl)cc1. The van der Waals surface area contributed by atoms with Crippen LogP contribution in [0.25, 0.3) is 16.9 Å². The standard InChI is InChI=1S/C25H25ClN6O4/c1-14-18(20-8-9-23-30-22(29-15(2)33)13-32(23)31-20)12-19(25(28-14)36-3)24(35)27-11-10-21(34)16-4-6-17(26)7-5-16/h4-9,12-13,21,34H,10-11H2,1-3H3,(H,27,35)(H,29,33). The molecule has 2 amide bonds. The summed E-state index contributed by atoms with van der Waals surface area (Å²) >= 11 is 5.89. The number of methoxy groups -OCH3 is 1. The van der Waals surface area contributed by atoms with Crippen molar-refractivity contribution in [2.45, 2.75) is 26.4 Å². The Labute approximate surface area is 212 Å². The predicted molar refractivity (Wildman–Crippen MR) is 135 cm³/mol. The summed E-state index contributed by atoms with van der Waals surface area (Å²) < 4.78 is 6.89. The van der Waals surface area contributed by atoms with Crippen molar-refractivity contribution in [3.63, 3.8) is 0 Å². The van der Waals surface area contributed by atoms with Gasteiger partial charge in [0.25, 0.3) is 5.91 Å². The highest BCUT2D eigenvalue weighted by atomic mass is 35.5. The van der Waals surface area contributed by atoms with Crippen LogP contribution in [0.2, 0.25) is 5.02 Å². The van der Waals surface area contributed by atoms with Crippen LogP contribution in [0.5, 0.6) is 5.88 Å². The van der Waals surface area contributed by atoms with Crippen molar-refractivity contribution in [3.05, 3.63) is 70.5 Å². The largest absolute Gasteiger partial charge is 0.480 e. The molecule has 0 saturated carbocycles. The van der Waals surface area contributed by atoms with Gasteiger partial charge in [-0.2, -0.15) is 5.10 Å². The first-order chi connectivity index (χ1) is 17.2. The Balaban J connectivity index is 1.54. The van der Waals surface area contributed by atoms with Gasteiger partial charge in [0.1, 0.15) is 5.56 Å². The highest BCUT2D eigenvalue weighted by molar-refractivity contribution is 6.30. The fourth-order valence-corrected chi connectivity index (χ4v) is 3.82. The van der Waals surface area contributed by atoms with Crippen molar-refractivity contribution in [1.29, 1.82) is 0 Å². The number of benzene rings is 1. The second kappa shape index (κ2) is 10.7. The Morgan fingerprint density at radius 2 is 1.92 bits per heavy atom. The van der Waals surface area contributed by atoms with Crippen LogP contribution in [0.15, 0.2) is 48.7 Å². The zero-order chi connectivity index (χ0) is 25.8. The Bertz CT molecular complexity index is 1420. The van der Waals surface area contributed by atoms with Crippen LogP contribution in [-0.2, 0) is 4.79 Å². The van der Waals surface area contributed by atoms with Gasteiger partial charge in [0.2, 0.25) is 11.8 Å². The molecular weight excluding hydrogens is 484 g/mol. The van der Waals surface area contributed by atoms with Gasteiger partial charge in [0.15, 0.2) is 11.5 Å². The minimum Gasteiger partial charge on any atom is -0.480 e. The molecule has 0 radical (unpaired) electrons. The number of imidazole rings is 1. The van der Waals surface area contributed by atoms with E-state index in [0.29, 0.717) is 45.4 Å². The second-order valence-electron chi connectivity index (χ2n) is 8.12. The molecule has 4 aromatic rings. The number of aryl methyl sites for hydroxylation is 1. The van der Waals surface area contributed by atoms with E-state index in [1.165, 1.54) is 14.0 Å². The van der Waals surface area contributed by atoms with Crippen molar-refractivity contribution < 1.29 is 19.4 Å². The number of carbonyl (C=O) groups is 2. The van der Waals surface area contributed by atoms with E-state index >= 15 is 0 Å². The van der Waals surface area contributed by atoms with E-state index in [0.717, 1.165) is 0 Å². The zero-order valence-corrected chi connectivity index (χ0v) is 20.7. The Kier molecular flexibility index (Phi) is 7.47. The minimum atomic E-state index is -0.746. The molecule has 3 aromatic heterocycles. The van der Waals surface area contributed by atoms with Crippen LogP contribution in [0.4, 0.5) is 5.82 Å². The number of hydrogen-bond donors (Lipinski definition) is 3. The molecule has 186 valence electrons. The summed E-state index contributed by atoms with van der Waals surface area (Å²) in [4.78, 5) is 33.1. The summed E-state index contributed by atoms with van der Waals surface area (Å²) in [6, 6.07) is 12.1. The van der Waals surface area contributed by atoms with Crippen molar-refractivity contribution >= 4 is 34.9 Å². The molecule has 0 aliphatic heterocycles. The molecule has 0 aliphatic carbocycles. The van der Waals surface area contributed by atoms with Crippen molar-refractivity contribution in [2.75, 3.05) is 19.0 Å². The number of amides is 2. The number of ether oxygens (including phenoxy) is 1. The van der Waals surface area contributed by atoms with Gasteiger partial charge in [0.05, 0.1) is 30.8 Å². The molecule has 3 heterocycles. The fourth-order valence-electron chi connectivity index (χ4n) is 3.70. The Morgan fingerprint density at radius 3 is 2.61 bits per heavy atom. The number of aliphatic hydroxyl groups excluding tert-OH is 1. The quantitative estimate of drug-likeness (QED) is 0.331. The molecular formula is C25H25ClN6O4. The average Bonchev–Trinajstić information content (AvgIpc) is 3.24. The number of pyridine rings is 1. The number of aliphatic hydroxyl groups is 1. The maximum Gasteiger partial charge on any atom is 0.256 e. The number of aromatic nitrogens is 4. The van der Waals surface area contributed by atoms with Gasteiger partial charge in [-0.25, -0.2) is 14.5 Å². The molecule has 11 heteroatoms. The number of halogens is 1. The van der Waals surface area contributed by atoms with Crippen LogP contribution in [0.1, 0.15) is 41.1 Å². The molecule has 0 aliphatic rings. The van der Waals surface area contributed by atoms with Gasteiger partial charge in [-0.3, -0.25) is 9.59 Å². The van der Waals surface area contributed by atoms with Crippen molar-refractivity contribution in [1.82, 2.24) is 24.9 Å². The van der Waals surface area contributed by atoms with Gasteiger partial charge >= 0.3 is 0 Å². The minimum absolute atomic E-state index is 0.184. The van der Waals surface area contributed by atoms with Crippen LogP contribution < -0.4 is 15.4 Å². The lowest BCUT2D eigenvalue weighted by atomic mass is 10.1. The maximum atomic E-state index is 13.0. The molecule has 0 bridgehead atoms. The molecule has 0 fully saturated rings. The topological polar surface area (TPSA) is 131 Å². The first kappa shape index (κ1) is 25.1. The third-order valence-corrected chi connectivity index (χ3v) is 5.73. The van der Waals surface area contributed by atoms with Crippen LogP contribution in [0, 0.1) is 6.92 Å². The van der Waals surface area contributed by atoms with Crippen LogP contribution in [0.3, 0.4) is 0 Å². The van der Waals surface area contributed by atoms with Gasteiger partial charge in [-0.05, 0) is 49.2 Å². The molecule has 1 aromatic carbocycles. The molecule has 0 saturated heterocycles. The van der Waals surface area contributed by atoms with E-state index in [1.807, 2.05) is 0 Å². The van der Waals surface area contributed by atoms with Gasteiger partial charge in [-0.1, -0.05) is 23.7 Å². The van der Waals surface area contributed by atoms with E-state index in [9.17, 15) is 14.7 Å². The number of nitrogens with zero attached hydrogens (tertiary/aromatic N) is 4. The molecule has 10 nitrogen and oxygen atoms in total. The highest BCUT2D eigenvalue weighted by Crippen LogP contribution is 2.27. The third-order valence-electron chi connectivity index (χ3n) is 5.47. The highest BCUT2D eigenvalue weighted by Gasteiger charge is 2.19. The normalized spacial score (nSPS) is 11.8. The van der Waals surface area contributed by atoms with Crippen LogP contribution >= 0.6 is 11.6 Å². The molecule has 1 atom stereocenters. The molecule has 4 rings (SSSR count). The predicted octanol–water partition coefficient (Wildman–Crippen LogP) is 3.57. The monoisotopic (exact) mass is 508 g/mol. The average molecular weight is 509 g/mol. The van der Waals surface area contributed by atoms with Gasteiger partial charge in [0, 0.05) is 24.1 Å². The van der Waals surface area contributed by atoms with Crippen molar-refractivity contribution in [3.8, 4) is 17.1 Å². The summed E-state index contributed by atoms with van der Waals surface area (Å²) in [6.45, 7) is 3.44. The maximum absolute atomic E-state index is 13.0. The summed E-state index contributed by atoms with van der Waals surface area (Å²) in [5.74, 6) is -0.0491. The third kappa shape index (κ3) is 5.61. The lowest BCUT2D eigenvalue weighted by molar-refractivity contribution is -0.114. The molecule has 0 spiro atoms. The molecule has 36 heavy (non-hydrogen) atoms. The van der Waals surface area contributed by atoms with E-state index in [1.54, 1.807) is 60.1 Å². The fraction of sp³-hybridized carbons (Fsp3) is 0.240. The number of hydrogen-bond acceptors (Lipinski definition) is 7. The van der Waals surface area contributed by atoms with Crippen molar-refractivity contribution in [2.24, 2.45) is 0 Å². The summed E-state index contributed by atoms with van der Waals surface area (Å²) in [5.41, 5.74) is 3.33. The second-order valence-corrected chi connectivity index (χ2v) is 8.56. The Hall–Kier alpha value is -4.02. The smallest absolute Gasteiger partial charge is 0.256 e. The van der Waals surface area contributed by atoms with E-state index in [2.05, 4.69) is 25.7 Å². The summed E-state index contributed by atoms with van der Waals surface area (Å²) in [5, 5.41) is 21.0. The van der Waals surface area contributed by atoms with E-state index in [4.69, 9.17) is 16.3 Å². The zero-order valence-electron chi connectivity index (χ0n) is 19.9. The number of fused-ring (bicyclic) bond motifs is 1. The number of carbonyl (C=O) groups excluding carboxylic acids is 2. The number of anilines is 1. The number of rotatable bonds is 8. The van der Waals surface area contributed by atoms with E-state index < -0.39 is 6.10 Å². The molecule has 3 N–H and O–H groups in total. The molecule has 1 unspecified atom stereocenters. The summed E-state index contributed by atoms with van der Waals surface area (Å²) in [7, 11) is 1.45. The summed E-state index contributed by atoms with van der Waals surface area (Å²) in [6.07, 6.45) is 1.17. The lowest BCUT2D eigenvalue weighted by Gasteiger charge is -2.14.